The molecule has 1 N–H and O–H groups in total. The highest BCUT2D eigenvalue weighted by Gasteiger charge is 2.11. The van der Waals surface area contributed by atoms with Crippen LogP contribution in [0.25, 0.3) is 0 Å². The number of anilines is 1. The number of carbonyl (C=O) groups excluding carboxylic acids is 1. The maximum Gasteiger partial charge on any atom is 0.255 e. The third kappa shape index (κ3) is 3.15. The number of halogens is 1. The van der Waals surface area contributed by atoms with Crippen molar-refractivity contribution in [3.8, 4) is 0 Å². The molecular formula is C16H16INO. The van der Waals surface area contributed by atoms with Gasteiger partial charge >= 0.3 is 0 Å². The first-order valence-electron chi connectivity index (χ1n) is 6.13. The zero-order valence-corrected chi connectivity index (χ0v) is 13.4. The maximum atomic E-state index is 12.3. The van der Waals surface area contributed by atoms with Gasteiger partial charge in [0.05, 0.1) is 0 Å². The predicted molar refractivity (Wildman–Crippen MR) is 87.8 cm³/mol. The average Bonchev–Trinajstić information content (AvgIpc) is 2.34. The molecule has 0 heterocycles. The largest absolute Gasteiger partial charge is 0.321 e. The second-order valence-electron chi connectivity index (χ2n) is 4.68. The van der Waals surface area contributed by atoms with Crippen molar-refractivity contribution in [3.63, 3.8) is 0 Å². The summed E-state index contributed by atoms with van der Waals surface area (Å²) in [6, 6.07) is 11.8. The van der Waals surface area contributed by atoms with Crippen LogP contribution in [-0.4, -0.2) is 5.91 Å². The molecule has 0 spiro atoms. The molecular weight excluding hydrogens is 349 g/mol. The summed E-state index contributed by atoms with van der Waals surface area (Å²) in [6.07, 6.45) is 0. The number of benzene rings is 2. The molecule has 0 aliphatic carbocycles. The highest BCUT2D eigenvalue weighted by molar-refractivity contribution is 14.1. The molecule has 3 heteroatoms. The van der Waals surface area contributed by atoms with Gasteiger partial charge in [-0.3, -0.25) is 4.79 Å². The first kappa shape index (κ1) is 14.1. The molecule has 2 aromatic rings. The van der Waals surface area contributed by atoms with E-state index in [1.165, 1.54) is 3.57 Å². The van der Waals surface area contributed by atoms with Crippen LogP contribution in [-0.2, 0) is 0 Å². The van der Waals surface area contributed by atoms with Gasteiger partial charge in [0.25, 0.3) is 5.91 Å². The van der Waals surface area contributed by atoms with Crippen LogP contribution in [0.5, 0.6) is 0 Å². The Kier molecular flexibility index (Phi) is 4.24. The van der Waals surface area contributed by atoms with E-state index in [-0.39, 0.29) is 5.91 Å². The minimum Gasteiger partial charge on any atom is -0.321 e. The summed E-state index contributed by atoms with van der Waals surface area (Å²) < 4.78 is 1.18. The highest BCUT2D eigenvalue weighted by atomic mass is 127. The number of aryl methyl sites for hydroxylation is 3. The van der Waals surface area contributed by atoms with Crippen molar-refractivity contribution in [2.75, 3.05) is 5.32 Å². The van der Waals surface area contributed by atoms with E-state index in [9.17, 15) is 4.79 Å². The van der Waals surface area contributed by atoms with E-state index in [2.05, 4.69) is 40.0 Å². The summed E-state index contributed by atoms with van der Waals surface area (Å²) in [4.78, 5) is 12.3. The standard InChI is InChI=1S/C16H16INO/c1-10-6-4-5-7-14(10)16(19)18-15-11(2)8-13(17)9-12(15)3/h4-9H,1-3H3,(H,18,19). The van der Waals surface area contributed by atoms with Crippen LogP contribution in [0.4, 0.5) is 5.69 Å². The summed E-state index contributed by atoms with van der Waals surface area (Å²) in [5, 5.41) is 3.02. The average molecular weight is 365 g/mol. The second-order valence-corrected chi connectivity index (χ2v) is 5.93. The summed E-state index contributed by atoms with van der Waals surface area (Å²) >= 11 is 2.29. The molecule has 19 heavy (non-hydrogen) atoms. The van der Waals surface area contributed by atoms with Crippen molar-refractivity contribution in [2.24, 2.45) is 0 Å². The lowest BCUT2D eigenvalue weighted by Gasteiger charge is -2.13. The highest BCUT2D eigenvalue weighted by Crippen LogP contribution is 2.24. The number of nitrogens with one attached hydrogen (secondary N) is 1. The zero-order chi connectivity index (χ0) is 14.0. The number of hydrogen-bond donors (Lipinski definition) is 1. The molecule has 0 radical (unpaired) electrons. The third-order valence-corrected chi connectivity index (χ3v) is 3.75. The van der Waals surface area contributed by atoms with Crippen molar-refractivity contribution in [2.45, 2.75) is 20.8 Å². The van der Waals surface area contributed by atoms with E-state index in [1.54, 1.807) is 0 Å². The normalized spacial score (nSPS) is 10.3. The van der Waals surface area contributed by atoms with E-state index < -0.39 is 0 Å². The Morgan fingerprint density at radius 2 is 1.58 bits per heavy atom. The minimum atomic E-state index is -0.0505. The van der Waals surface area contributed by atoms with E-state index >= 15 is 0 Å². The van der Waals surface area contributed by atoms with Gasteiger partial charge in [-0.15, -0.1) is 0 Å². The van der Waals surface area contributed by atoms with Crippen LogP contribution < -0.4 is 5.32 Å². The van der Waals surface area contributed by atoms with E-state index in [0.717, 1.165) is 27.9 Å². The van der Waals surface area contributed by atoms with Crippen LogP contribution in [0, 0.1) is 24.3 Å². The number of rotatable bonds is 2. The van der Waals surface area contributed by atoms with Crippen molar-refractivity contribution in [1.29, 1.82) is 0 Å². The van der Waals surface area contributed by atoms with Crippen molar-refractivity contribution >= 4 is 34.2 Å². The molecule has 0 aromatic heterocycles. The van der Waals surface area contributed by atoms with Gasteiger partial charge in [0.1, 0.15) is 0 Å². The summed E-state index contributed by atoms with van der Waals surface area (Å²) in [5.74, 6) is -0.0505. The lowest BCUT2D eigenvalue weighted by molar-refractivity contribution is 0.102. The Labute approximate surface area is 127 Å². The molecule has 0 aliphatic rings. The topological polar surface area (TPSA) is 29.1 Å². The van der Waals surface area contributed by atoms with Gasteiger partial charge in [-0.05, 0) is 78.3 Å². The van der Waals surface area contributed by atoms with Crippen LogP contribution in [0.1, 0.15) is 27.0 Å². The fourth-order valence-electron chi connectivity index (χ4n) is 2.12. The molecule has 1 amide bonds. The van der Waals surface area contributed by atoms with Gasteiger partial charge < -0.3 is 5.32 Å². The Bertz CT molecular complexity index is 611. The predicted octanol–water partition coefficient (Wildman–Crippen LogP) is 4.47. The van der Waals surface area contributed by atoms with Crippen LogP contribution >= 0.6 is 22.6 Å². The lowest BCUT2D eigenvalue weighted by atomic mass is 10.1. The van der Waals surface area contributed by atoms with Crippen molar-refractivity contribution in [3.05, 3.63) is 62.2 Å². The second kappa shape index (κ2) is 5.74. The van der Waals surface area contributed by atoms with Crippen molar-refractivity contribution < 1.29 is 4.79 Å². The van der Waals surface area contributed by atoms with E-state index in [1.807, 2.05) is 45.0 Å². The van der Waals surface area contributed by atoms with E-state index in [0.29, 0.717) is 0 Å². The van der Waals surface area contributed by atoms with Crippen LogP contribution in [0.3, 0.4) is 0 Å². The first-order valence-corrected chi connectivity index (χ1v) is 7.20. The lowest BCUT2D eigenvalue weighted by Crippen LogP contribution is -2.15. The summed E-state index contributed by atoms with van der Waals surface area (Å²) in [6.45, 7) is 5.98. The molecule has 0 atom stereocenters. The van der Waals surface area contributed by atoms with Gasteiger partial charge in [0.2, 0.25) is 0 Å². The van der Waals surface area contributed by atoms with Crippen LogP contribution in [0.15, 0.2) is 36.4 Å². The van der Waals surface area contributed by atoms with Gasteiger partial charge in [0.15, 0.2) is 0 Å². The SMILES string of the molecule is Cc1ccccc1C(=O)Nc1c(C)cc(I)cc1C. The molecule has 0 fully saturated rings. The molecule has 0 bridgehead atoms. The van der Waals surface area contributed by atoms with Gasteiger partial charge in [-0.1, -0.05) is 18.2 Å². The van der Waals surface area contributed by atoms with Gasteiger partial charge in [-0.2, -0.15) is 0 Å². The van der Waals surface area contributed by atoms with Crippen molar-refractivity contribution in [1.82, 2.24) is 0 Å². The molecule has 0 saturated heterocycles. The Balaban J connectivity index is 2.32. The molecule has 0 unspecified atom stereocenters. The molecule has 0 saturated carbocycles. The fraction of sp³-hybridized carbons (Fsp3) is 0.188. The first-order chi connectivity index (χ1) is 8.99. The Morgan fingerprint density at radius 1 is 1.00 bits per heavy atom. The zero-order valence-electron chi connectivity index (χ0n) is 11.3. The Hall–Kier alpha value is -1.36. The molecule has 98 valence electrons. The van der Waals surface area contributed by atoms with E-state index in [4.69, 9.17) is 0 Å². The number of amides is 1. The minimum absolute atomic E-state index is 0.0505. The summed E-state index contributed by atoms with van der Waals surface area (Å²) in [5.41, 5.74) is 4.80. The Morgan fingerprint density at radius 3 is 2.16 bits per heavy atom. The monoisotopic (exact) mass is 365 g/mol. The van der Waals surface area contributed by atoms with Gasteiger partial charge in [-0.25, -0.2) is 0 Å². The molecule has 2 rings (SSSR count). The number of carbonyl (C=O) groups is 1. The quantitative estimate of drug-likeness (QED) is 0.782. The maximum absolute atomic E-state index is 12.3. The molecule has 2 nitrogen and oxygen atoms in total. The number of hydrogen-bond acceptors (Lipinski definition) is 1. The summed E-state index contributed by atoms with van der Waals surface area (Å²) in [7, 11) is 0. The fourth-order valence-corrected chi connectivity index (χ4v) is 3.05. The van der Waals surface area contributed by atoms with Crippen LogP contribution in [0.2, 0.25) is 0 Å². The third-order valence-electron chi connectivity index (χ3n) is 3.13. The molecule has 2 aromatic carbocycles. The van der Waals surface area contributed by atoms with Gasteiger partial charge in [0, 0.05) is 14.8 Å². The smallest absolute Gasteiger partial charge is 0.255 e. The molecule has 0 aliphatic heterocycles.